The molecule has 0 aliphatic heterocycles. The first-order valence-electron chi connectivity index (χ1n) is 12.7. The Morgan fingerprint density at radius 1 is 0.778 bits per heavy atom. The standard InChI is InChI=1S/C13H9.C12H19.C8H8.2ClH.Zr/c1-3-7-12-10(5-1)9-11-6-2-4-8-13(11)12;1-6-10-7-9(2)8-11(10)12(3,4)5;1-2-8-6-4-3-5-7-8;;;/h1-9H;8-9H,6H2,1-5H3;3-7H,1H3;2*1H;/q;;;;;+2/p-2. The van der Waals surface area contributed by atoms with Crippen molar-refractivity contribution in [3.8, 4) is 11.1 Å². The molecule has 0 amide bonds. The average molecular weight is 595 g/mol. The van der Waals surface area contributed by atoms with Gasteiger partial charge in [-0.05, 0) is 0 Å². The molecule has 0 radical (unpaired) electrons. The van der Waals surface area contributed by atoms with Crippen LogP contribution < -0.4 is 24.8 Å². The first kappa shape index (κ1) is 29.0. The molecule has 0 N–H and O–H groups in total. The van der Waals surface area contributed by atoms with Gasteiger partial charge in [0.05, 0.1) is 0 Å². The van der Waals surface area contributed by atoms with Gasteiger partial charge >= 0.3 is 215 Å². The molecule has 5 rings (SSSR count). The van der Waals surface area contributed by atoms with Crippen LogP contribution in [0, 0.1) is 11.3 Å². The van der Waals surface area contributed by atoms with Crippen molar-refractivity contribution in [1.29, 1.82) is 0 Å². The van der Waals surface area contributed by atoms with Crippen LogP contribution in [0.2, 0.25) is 0 Å². The Morgan fingerprint density at radius 2 is 1.28 bits per heavy atom. The summed E-state index contributed by atoms with van der Waals surface area (Å²) in [6.07, 6.45) is 3.74. The molecule has 0 bridgehead atoms. The SMILES string of the molecule is CCC1=[C](/[Zr+2](=[C](\C)c2ccccc2)[CH]2c3ccccc3-c3ccccc32)C(C)C=C1C(C)(C)C.[Cl-].[Cl-]. The molecule has 0 spiro atoms. The van der Waals surface area contributed by atoms with Gasteiger partial charge in [0, 0.05) is 0 Å². The van der Waals surface area contributed by atoms with Gasteiger partial charge in [-0.3, -0.25) is 0 Å². The second-order valence-corrected chi connectivity index (χ2v) is 17.5. The maximum Gasteiger partial charge on any atom is -1.00 e. The Hall–Kier alpha value is -1.53. The molecule has 0 fully saturated rings. The van der Waals surface area contributed by atoms with E-state index in [1.54, 1.807) is 25.5 Å². The molecular formula is C33H36Cl2Zr. The second-order valence-electron chi connectivity index (χ2n) is 10.9. The van der Waals surface area contributed by atoms with Crippen molar-refractivity contribution in [2.75, 3.05) is 0 Å². The minimum atomic E-state index is -2.45. The number of hydrogen-bond acceptors (Lipinski definition) is 0. The van der Waals surface area contributed by atoms with Crippen LogP contribution in [0.25, 0.3) is 11.1 Å². The van der Waals surface area contributed by atoms with Crippen LogP contribution in [0.3, 0.4) is 0 Å². The molecule has 0 saturated carbocycles. The predicted octanol–water partition coefficient (Wildman–Crippen LogP) is 2.91. The maximum atomic E-state index is 2.61. The van der Waals surface area contributed by atoms with E-state index in [2.05, 4.69) is 126 Å². The summed E-state index contributed by atoms with van der Waals surface area (Å²) in [5, 5.41) is 0. The fraction of sp³-hybridized carbons (Fsp3) is 0.303. The van der Waals surface area contributed by atoms with Crippen LogP contribution in [0.5, 0.6) is 0 Å². The summed E-state index contributed by atoms with van der Waals surface area (Å²) in [5.41, 5.74) is 10.9. The molecule has 0 heterocycles. The Labute approximate surface area is 237 Å². The Balaban J connectivity index is 0.00000180. The van der Waals surface area contributed by atoms with E-state index in [9.17, 15) is 0 Å². The van der Waals surface area contributed by atoms with E-state index in [1.165, 1.54) is 16.7 Å². The third-order valence-corrected chi connectivity index (χ3v) is 16.6. The predicted molar refractivity (Wildman–Crippen MR) is 144 cm³/mol. The van der Waals surface area contributed by atoms with Crippen LogP contribution in [0.1, 0.15) is 68.3 Å². The molecule has 2 aliphatic carbocycles. The summed E-state index contributed by atoms with van der Waals surface area (Å²) in [6.45, 7) is 14.5. The van der Waals surface area contributed by atoms with Gasteiger partial charge in [0.15, 0.2) is 0 Å². The van der Waals surface area contributed by atoms with Gasteiger partial charge < -0.3 is 24.8 Å². The molecule has 36 heavy (non-hydrogen) atoms. The molecule has 3 heteroatoms. The normalized spacial score (nSPS) is 17.0. The first-order valence-corrected chi connectivity index (χ1v) is 16.6. The van der Waals surface area contributed by atoms with Gasteiger partial charge in [-0.25, -0.2) is 0 Å². The average Bonchev–Trinajstić information content (AvgIpc) is 3.35. The van der Waals surface area contributed by atoms with E-state index in [1.807, 2.05) is 3.28 Å². The zero-order chi connectivity index (χ0) is 24.0. The van der Waals surface area contributed by atoms with Crippen LogP contribution in [0.15, 0.2) is 99.4 Å². The van der Waals surface area contributed by atoms with Crippen molar-refractivity contribution in [3.05, 3.63) is 116 Å². The van der Waals surface area contributed by atoms with Crippen LogP contribution in [0.4, 0.5) is 0 Å². The summed E-state index contributed by atoms with van der Waals surface area (Å²) in [4.78, 5) is 0. The third kappa shape index (κ3) is 4.97. The quantitative estimate of drug-likeness (QED) is 0.436. The number of rotatable bonds is 4. The summed E-state index contributed by atoms with van der Waals surface area (Å²) in [7, 11) is 0. The van der Waals surface area contributed by atoms with Gasteiger partial charge in [0.2, 0.25) is 0 Å². The summed E-state index contributed by atoms with van der Waals surface area (Å²) in [5.74, 6) is 0.525. The van der Waals surface area contributed by atoms with Crippen LogP contribution in [-0.4, -0.2) is 3.21 Å². The van der Waals surface area contributed by atoms with Crippen molar-refractivity contribution >= 4 is 3.21 Å². The molecule has 1 unspecified atom stereocenters. The van der Waals surface area contributed by atoms with E-state index in [4.69, 9.17) is 0 Å². The Kier molecular flexibility index (Phi) is 9.25. The van der Waals surface area contributed by atoms with E-state index < -0.39 is 21.3 Å². The van der Waals surface area contributed by atoms with E-state index in [0.29, 0.717) is 9.54 Å². The molecular weight excluding hydrogens is 558 g/mol. The molecule has 3 aromatic rings. The van der Waals surface area contributed by atoms with Crippen molar-refractivity contribution in [1.82, 2.24) is 0 Å². The second kappa shape index (κ2) is 11.5. The fourth-order valence-electron chi connectivity index (χ4n) is 6.23. The fourth-order valence-corrected chi connectivity index (χ4v) is 16.0. The van der Waals surface area contributed by atoms with Crippen LogP contribution in [-0.2, 0) is 21.3 Å². The van der Waals surface area contributed by atoms with E-state index in [0.717, 1.165) is 6.42 Å². The van der Waals surface area contributed by atoms with Crippen molar-refractivity contribution in [2.24, 2.45) is 11.3 Å². The molecule has 2 aliphatic rings. The van der Waals surface area contributed by atoms with E-state index >= 15 is 0 Å². The number of hydrogen-bond donors (Lipinski definition) is 0. The zero-order valence-electron chi connectivity index (χ0n) is 22.2. The topological polar surface area (TPSA) is 0 Å². The van der Waals surface area contributed by atoms with Crippen molar-refractivity contribution in [2.45, 2.75) is 51.6 Å². The minimum absolute atomic E-state index is 0. The monoisotopic (exact) mass is 592 g/mol. The minimum Gasteiger partial charge on any atom is -1.00 e. The Morgan fingerprint density at radius 3 is 1.78 bits per heavy atom. The van der Waals surface area contributed by atoms with Gasteiger partial charge in [0.1, 0.15) is 0 Å². The van der Waals surface area contributed by atoms with E-state index in [-0.39, 0.29) is 30.2 Å². The number of allylic oxidation sites excluding steroid dienone is 4. The first-order chi connectivity index (χ1) is 16.3. The zero-order valence-corrected chi connectivity index (χ0v) is 26.2. The molecule has 0 aromatic heterocycles. The third-order valence-electron chi connectivity index (χ3n) is 7.71. The molecule has 186 valence electrons. The summed E-state index contributed by atoms with van der Waals surface area (Å²) >= 11 is -2.45. The van der Waals surface area contributed by atoms with Crippen molar-refractivity contribution in [3.63, 3.8) is 0 Å². The molecule has 3 aromatic carbocycles. The van der Waals surface area contributed by atoms with Gasteiger partial charge in [-0.15, -0.1) is 0 Å². The van der Waals surface area contributed by atoms with Gasteiger partial charge in [-0.1, -0.05) is 0 Å². The van der Waals surface area contributed by atoms with Gasteiger partial charge in [0.25, 0.3) is 0 Å². The maximum absolute atomic E-state index is 2.61. The van der Waals surface area contributed by atoms with Crippen molar-refractivity contribution < 1.29 is 46.1 Å². The van der Waals surface area contributed by atoms with Gasteiger partial charge in [-0.2, -0.15) is 0 Å². The summed E-state index contributed by atoms with van der Waals surface area (Å²) < 4.78 is 4.03. The molecule has 0 nitrogen and oxygen atoms in total. The molecule has 1 atom stereocenters. The van der Waals surface area contributed by atoms with Crippen LogP contribution >= 0.6 is 0 Å². The molecule has 0 saturated heterocycles. The largest absolute Gasteiger partial charge is 1.00 e. The number of halogens is 2. The smallest absolute Gasteiger partial charge is 1.00 e. The summed E-state index contributed by atoms with van der Waals surface area (Å²) in [6, 6.07) is 29.7. The number of fused-ring (bicyclic) bond motifs is 3. The number of benzene rings is 3. The Bertz CT molecular complexity index is 1290.